The van der Waals surface area contributed by atoms with E-state index in [0.29, 0.717) is 27.4 Å². The highest BCUT2D eigenvalue weighted by molar-refractivity contribution is 7.98. The molecule has 2 amide bonds. The van der Waals surface area contributed by atoms with Crippen LogP contribution in [0.15, 0.2) is 29.6 Å². The molecule has 0 aliphatic carbocycles. The quantitative estimate of drug-likeness (QED) is 0.289. The largest absolute Gasteiger partial charge is 0.492 e. The first kappa shape index (κ1) is 21.6. The van der Waals surface area contributed by atoms with Gasteiger partial charge in [0.25, 0.3) is 5.91 Å². The summed E-state index contributed by atoms with van der Waals surface area (Å²) >= 11 is 19.0. The normalized spacial score (nSPS) is 10.4. The van der Waals surface area contributed by atoms with E-state index in [0.717, 1.165) is 0 Å². The zero-order valence-corrected chi connectivity index (χ0v) is 17.2. The van der Waals surface area contributed by atoms with Crippen molar-refractivity contribution >= 4 is 58.4 Å². The number of benzene rings is 1. The summed E-state index contributed by atoms with van der Waals surface area (Å²) in [5, 5.41) is 1.39. The number of halogens is 3. The lowest BCUT2D eigenvalue weighted by Crippen LogP contribution is -2.42. The number of thioether (sulfide) groups is 1. The van der Waals surface area contributed by atoms with Gasteiger partial charge in [-0.05, 0) is 30.9 Å². The van der Waals surface area contributed by atoms with Gasteiger partial charge in [-0.2, -0.15) is 0 Å². The monoisotopic (exact) mass is 448 g/mol. The van der Waals surface area contributed by atoms with Crippen LogP contribution in [0.5, 0.6) is 5.75 Å². The molecule has 0 saturated heterocycles. The highest BCUT2D eigenvalue weighted by Crippen LogP contribution is 2.27. The predicted molar refractivity (Wildman–Crippen MR) is 106 cm³/mol. The van der Waals surface area contributed by atoms with Crippen molar-refractivity contribution in [2.24, 2.45) is 0 Å². The van der Waals surface area contributed by atoms with Crippen LogP contribution < -0.4 is 15.6 Å². The number of nitrogens with zero attached hydrogens (tertiary/aromatic N) is 2. The second-order valence-electron chi connectivity index (χ2n) is 5.08. The van der Waals surface area contributed by atoms with Crippen LogP contribution in [0.25, 0.3) is 0 Å². The number of nitrogens with one attached hydrogen (secondary N) is 2. The Morgan fingerprint density at radius 3 is 2.67 bits per heavy atom. The van der Waals surface area contributed by atoms with Crippen LogP contribution in [-0.2, 0) is 4.79 Å². The lowest BCUT2D eigenvalue weighted by molar-refractivity contribution is -0.122. The molecule has 7 nitrogen and oxygen atoms in total. The molecule has 27 heavy (non-hydrogen) atoms. The summed E-state index contributed by atoms with van der Waals surface area (Å²) in [6.07, 6.45) is 3.66. The number of carbonyl (C=O) groups excluding carboxylic acids is 2. The molecule has 0 aliphatic heterocycles. The molecule has 1 aromatic carbocycles. The second kappa shape index (κ2) is 10.6. The zero-order chi connectivity index (χ0) is 19.8. The third-order valence-electron chi connectivity index (χ3n) is 3.13. The Morgan fingerprint density at radius 2 is 1.96 bits per heavy atom. The lowest BCUT2D eigenvalue weighted by atomic mass is 10.3. The molecular formula is C16H15Cl3N4O3S. The number of hydrogen-bond donors (Lipinski definition) is 2. The van der Waals surface area contributed by atoms with E-state index in [1.807, 2.05) is 0 Å². The van der Waals surface area contributed by atoms with Crippen molar-refractivity contribution in [2.75, 3.05) is 12.9 Å². The summed E-state index contributed by atoms with van der Waals surface area (Å²) < 4.78 is 5.48. The number of hydrogen-bond acceptors (Lipinski definition) is 6. The standard InChI is InChI=1S/C16H15Cl3N4O3S/c1-27-16-20-8-11(19)14(21-16)15(25)23-22-13(24)3-2-6-26-12-5-4-9(17)7-10(12)18/h4-5,7-8H,2-3,6H2,1H3,(H,22,24)(H,23,25). The fraction of sp³-hybridized carbons (Fsp3) is 0.250. The Hall–Kier alpha value is -1.74. The maximum atomic E-state index is 12.1. The molecule has 144 valence electrons. The minimum Gasteiger partial charge on any atom is -0.492 e. The van der Waals surface area contributed by atoms with Gasteiger partial charge >= 0.3 is 0 Å². The molecule has 0 atom stereocenters. The number of aromatic nitrogens is 2. The minimum atomic E-state index is -0.629. The van der Waals surface area contributed by atoms with Gasteiger partial charge in [-0.15, -0.1) is 0 Å². The molecule has 0 unspecified atom stereocenters. The van der Waals surface area contributed by atoms with Crippen molar-refractivity contribution in [2.45, 2.75) is 18.0 Å². The van der Waals surface area contributed by atoms with Crippen molar-refractivity contribution < 1.29 is 14.3 Å². The second-order valence-corrected chi connectivity index (χ2v) is 7.11. The molecule has 2 N–H and O–H groups in total. The summed E-state index contributed by atoms with van der Waals surface area (Å²) in [4.78, 5) is 31.8. The summed E-state index contributed by atoms with van der Waals surface area (Å²) in [5.41, 5.74) is 4.55. The Labute approximate surface area is 175 Å². The molecular weight excluding hydrogens is 435 g/mol. The fourth-order valence-corrected chi connectivity index (χ4v) is 2.84. The molecule has 1 aromatic heterocycles. The first-order chi connectivity index (χ1) is 12.9. The van der Waals surface area contributed by atoms with Gasteiger partial charge in [0, 0.05) is 11.4 Å². The molecule has 2 aromatic rings. The Kier molecular flexibility index (Phi) is 8.43. The van der Waals surface area contributed by atoms with Crippen molar-refractivity contribution in [3.05, 3.63) is 45.2 Å². The summed E-state index contributed by atoms with van der Waals surface area (Å²) in [5.74, 6) is -0.530. The molecule has 0 spiro atoms. The SMILES string of the molecule is CSc1ncc(Cl)c(C(=O)NNC(=O)CCCOc2ccc(Cl)cc2Cl)n1. The number of carbonyl (C=O) groups is 2. The molecule has 2 rings (SSSR count). The van der Waals surface area contributed by atoms with E-state index in [1.54, 1.807) is 24.5 Å². The molecule has 1 heterocycles. The lowest BCUT2D eigenvalue weighted by Gasteiger charge is -2.10. The number of ether oxygens (including phenoxy) is 1. The molecule has 11 heteroatoms. The summed E-state index contributed by atoms with van der Waals surface area (Å²) in [6, 6.07) is 4.88. The highest BCUT2D eigenvalue weighted by Gasteiger charge is 2.14. The average molecular weight is 450 g/mol. The smallest absolute Gasteiger partial charge is 0.289 e. The van der Waals surface area contributed by atoms with E-state index < -0.39 is 5.91 Å². The van der Waals surface area contributed by atoms with Crippen LogP contribution in [-0.4, -0.2) is 34.6 Å². The van der Waals surface area contributed by atoms with Gasteiger partial charge in [0.15, 0.2) is 10.9 Å². The van der Waals surface area contributed by atoms with Crippen molar-refractivity contribution in [3.8, 4) is 5.75 Å². The fourth-order valence-electron chi connectivity index (χ4n) is 1.86. The van der Waals surface area contributed by atoms with Crippen molar-refractivity contribution in [1.29, 1.82) is 0 Å². The molecule has 0 fully saturated rings. The Morgan fingerprint density at radius 1 is 1.19 bits per heavy atom. The first-order valence-corrected chi connectivity index (χ1v) is 10.00. The van der Waals surface area contributed by atoms with Gasteiger partial charge in [0.05, 0.1) is 22.8 Å². The highest BCUT2D eigenvalue weighted by atomic mass is 35.5. The van der Waals surface area contributed by atoms with E-state index >= 15 is 0 Å². The molecule has 0 saturated carbocycles. The summed E-state index contributed by atoms with van der Waals surface area (Å²) in [6.45, 7) is 0.275. The van der Waals surface area contributed by atoms with Gasteiger partial charge < -0.3 is 4.74 Å². The zero-order valence-electron chi connectivity index (χ0n) is 14.1. The van der Waals surface area contributed by atoms with Gasteiger partial charge in [0.1, 0.15) is 5.75 Å². The van der Waals surface area contributed by atoms with Crippen molar-refractivity contribution in [3.63, 3.8) is 0 Å². The number of amides is 2. The van der Waals surface area contributed by atoms with Crippen LogP contribution in [0.4, 0.5) is 0 Å². The van der Waals surface area contributed by atoms with E-state index in [4.69, 9.17) is 39.5 Å². The van der Waals surface area contributed by atoms with E-state index in [1.165, 1.54) is 18.0 Å². The maximum absolute atomic E-state index is 12.1. The predicted octanol–water partition coefficient (Wildman–Crippen LogP) is 3.78. The van der Waals surface area contributed by atoms with Crippen LogP contribution >= 0.6 is 46.6 Å². The van der Waals surface area contributed by atoms with Gasteiger partial charge in [-0.3, -0.25) is 20.4 Å². The van der Waals surface area contributed by atoms with Crippen LogP contribution in [0.3, 0.4) is 0 Å². The molecule has 0 radical (unpaired) electrons. The minimum absolute atomic E-state index is 0.0166. The average Bonchev–Trinajstić information content (AvgIpc) is 2.65. The van der Waals surface area contributed by atoms with E-state index in [9.17, 15) is 9.59 Å². The van der Waals surface area contributed by atoms with Crippen molar-refractivity contribution in [1.82, 2.24) is 20.8 Å². The van der Waals surface area contributed by atoms with E-state index in [-0.39, 0.29) is 29.7 Å². The van der Waals surface area contributed by atoms with E-state index in [2.05, 4.69) is 20.8 Å². The topological polar surface area (TPSA) is 93.2 Å². The first-order valence-electron chi connectivity index (χ1n) is 7.64. The molecule has 0 bridgehead atoms. The molecule has 0 aliphatic rings. The van der Waals surface area contributed by atoms with Gasteiger partial charge in [-0.1, -0.05) is 46.6 Å². The van der Waals surface area contributed by atoms with Crippen LogP contribution in [0, 0.1) is 0 Å². The summed E-state index contributed by atoms with van der Waals surface area (Å²) in [7, 11) is 0. The maximum Gasteiger partial charge on any atom is 0.289 e. The van der Waals surface area contributed by atoms with Crippen LogP contribution in [0.1, 0.15) is 23.3 Å². The number of hydrazine groups is 1. The Balaban J connectivity index is 1.74. The third kappa shape index (κ3) is 6.73. The van der Waals surface area contributed by atoms with Gasteiger partial charge in [-0.25, -0.2) is 9.97 Å². The Bertz CT molecular complexity index is 839. The third-order valence-corrected chi connectivity index (χ3v) is 4.50. The van der Waals surface area contributed by atoms with Crippen LogP contribution in [0.2, 0.25) is 15.1 Å². The number of rotatable bonds is 7. The van der Waals surface area contributed by atoms with Gasteiger partial charge in [0.2, 0.25) is 5.91 Å².